The average molecular weight is 426 g/mol. The summed E-state index contributed by atoms with van der Waals surface area (Å²) in [5.41, 5.74) is 0.815. The Morgan fingerprint density at radius 1 is 0.880 bits per heavy atom. The maximum Gasteiger partial charge on any atom is 0.175 e. The lowest BCUT2D eigenvalue weighted by Crippen LogP contribution is -2.39. The Kier molecular flexibility index (Phi) is 7.83. The van der Waals surface area contributed by atoms with E-state index < -0.39 is 20.5 Å². The van der Waals surface area contributed by atoms with Crippen LogP contribution in [0.5, 0.6) is 0 Å². The quantitative estimate of drug-likeness (QED) is 0.473. The van der Waals surface area contributed by atoms with Crippen LogP contribution in [-0.4, -0.2) is 21.2 Å². The highest BCUT2D eigenvalue weighted by atomic mass is 35.5. The van der Waals surface area contributed by atoms with Gasteiger partial charge in [0.05, 0.1) is 10.8 Å². The summed E-state index contributed by atoms with van der Waals surface area (Å²) in [6.07, 6.45) is 1.08. The Labute approximate surface area is 170 Å². The Morgan fingerprint density at radius 3 is 1.44 bits per heavy atom. The number of hydrogen-bond acceptors (Lipinski definition) is 2. The van der Waals surface area contributed by atoms with Crippen LogP contribution in [0.3, 0.4) is 0 Å². The summed E-state index contributed by atoms with van der Waals surface area (Å²) in [5.74, 6) is -0.508. The van der Waals surface area contributed by atoms with Gasteiger partial charge in [0.2, 0.25) is 0 Å². The molecule has 0 heterocycles. The molecule has 0 aliphatic rings. The van der Waals surface area contributed by atoms with Crippen molar-refractivity contribution < 1.29 is 9.59 Å². The zero-order valence-electron chi connectivity index (χ0n) is 15.1. The van der Waals surface area contributed by atoms with E-state index >= 15 is 0 Å². The molecule has 0 saturated carbocycles. The zero-order valence-corrected chi connectivity index (χ0v) is 18.2. The van der Waals surface area contributed by atoms with Crippen molar-refractivity contribution in [2.75, 3.05) is 0 Å². The highest BCUT2D eigenvalue weighted by molar-refractivity contribution is 6.55. The fraction of sp³-hybridized carbons (Fsp3) is 0.579. The Bertz CT molecular complexity index is 605. The maximum absolute atomic E-state index is 12.6. The van der Waals surface area contributed by atoms with E-state index in [2.05, 4.69) is 0 Å². The van der Waals surface area contributed by atoms with Crippen LogP contribution in [0.4, 0.5) is 0 Å². The van der Waals surface area contributed by atoms with E-state index in [9.17, 15) is 9.59 Å². The lowest BCUT2D eigenvalue weighted by atomic mass is 9.69. The molecule has 0 saturated heterocycles. The Balaban J connectivity index is 3.64. The lowest BCUT2D eigenvalue weighted by molar-refractivity contribution is -0.123. The summed E-state index contributed by atoms with van der Waals surface area (Å²) in [6.45, 7) is 9.39. The second kappa shape index (κ2) is 8.61. The van der Waals surface area contributed by atoms with Crippen molar-refractivity contribution in [2.45, 2.75) is 68.0 Å². The molecule has 0 radical (unpaired) electrons. The summed E-state index contributed by atoms with van der Waals surface area (Å²) in [4.78, 5) is 23.1. The predicted octanol–water partition coefficient (Wildman–Crippen LogP) is 6.08. The molecule has 0 aliphatic heterocycles. The summed E-state index contributed by atoms with van der Waals surface area (Å²) >= 11 is 23.5. The third-order valence-electron chi connectivity index (χ3n) is 5.42. The highest BCUT2D eigenvalue weighted by Crippen LogP contribution is 2.40. The van der Waals surface area contributed by atoms with Crippen LogP contribution in [-0.2, 0) is 20.4 Å². The van der Waals surface area contributed by atoms with Crippen LogP contribution in [0.15, 0.2) is 18.2 Å². The molecule has 1 aromatic rings. The first kappa shape index (κ1) is 22.8. The summed E-state index contributed by atoms with van der Waals surface area (Å²) in [7, 11) is 0. The van der Waals surface area contributed by atoms with Gasteiger partial charge in [-0.2, -0.15) is 0 Å². The summed E-state index contributed by atoms with van der Waals surface area (Å²) < 4.78 is 0. The number of carbonyl (C=O) groups excluding carboxylic acids is 2. The molecule has 1 rings (SSSR count). The molecule has 140 valence electrons. The number of carbonyl (C=O) groups is 2. The molecule has 2 atom stereocenters. The molecule has 0 spiro atoms. The van der Waals surface area contributed by atoms with Crippen LogP contribution in [0.25, 0.3) is 0 Å². The smallest absolute Gasteiger partial charge is 0.175 e. The van der Waals surface area contributed by atoms with Gasteiger partial charge in [-0.05, 0) is 50.3 Å². The van der Waals surface area contributed by atoms with Gasteiger partial charge in [-0.3, -0.25) is 9.59 Å². The number of rotatable bonds is 8. The molecular formula is C19H24Cl4O2. The van der Waals surface area contributed by atoms with Gasteiger partial charge in [0.15, 0.2) is 21.2 Å². The fourth-order valence-corrected chi connectivity index (χ4v) is 4.27. The summed E-state index contributed by atoms with van der Waals surface area (Å²) in [6, 6.07) is 5.61. The molecule has 2 unspecified atom stereocenters. The van der Waals surface area contributed by atoms with Crippen molar-refractivity contribution in [3.8, 4) is 0 Å². The van der Waals surface area contributed by atoms with E-state index in [1.54, 1.807) is 0 Å². The molecule has 0 aromatic heterocycles. The topological polar surface area (TPSA) is 34.1 Å². The van der Waals surface area contributed by atoms with E-state index in [0.29, 0.717) is 12.8 Å². The normalized spacial score (nSPS) is 16.6. The van der Waals surface area contributed by atoms with Crippen molar-refractivity contribution >= 4 is 58.0 Å². The van der Waals surface area contributed by atoms with Gasteiger partial charge < -0.3 is 0 Å². The second-order valence-electron chi connectivity index (χ2n) is 6.68. The minimum Gasteiger partial charge on any atom is -0.296 e. The van der Waals surface area contributed by atoms with Gasteiger partial charge in [-0.25, -0.2) is 0 Å². The number of halogens is 4. The number of alkyl halides is 4. The van der Waals surface area contributed by atoms with Crippen molar-refractivity contribution in [3.63, 3.8) is 0 Å². The van der Waals surface area contributed by atoms with E-state index in [0.717, 1.165) is 16.7 Å². The molecule has 1 aromatic carbocycles. The van der Waals surface area contributed by atoms with Crippen LogP contribution in [0.2, 0.25) is 0 Å². The highest BCUT2D eigenvalue weighted by Gasteiger charge is 2.42. The van der Waals surface area contributed by atoms with Crippen LogP contribution < -0.4 is 0 Å². The number of Topliss-reactive ketones (excluding diaryl/α,β-unsaturated/α-hetero) is 2. The first-order valence-electron chi connectivity index (χ1n) is 8.22. The van der Waals surface area contributed by atoms with Crippen LogP contribution >= 0.6 is 46.4 Å². The van der Waals surface area contributed by atoms with Gasteiger partial charge >= 0.3 is 0 Å². The molecule has 0 aliphatic carbocycles. The average Bonchev–Trinajstić information content (AvgIpc) is 2.58. The monoisotopic (exact) mass is 424 g/mol. The van der Waals surface area contributed by atoms with Gasteiger partial charge in [0.1, 0.15) is 0 Å². The van der Waals surface area contributed by atoms with E-state index in [-0.39, 0.29) is 11.6 Å². The lowest BCUT2D eigenvalue weighted by Gasteiger charge is -2.34. The number of hydrogen-bond donors (Lipinski definition) is 0. The number of ketones is 2. The van der Waals surface area contributed by atoms with Gasteiger partial charge in [-0.15, -0.1) is 0 Å². The largest absolute Gasteiger partial charge is 0.296 e. The van der Waals surface area contributed by atoms with Crippen LogP contribution in [0.1, 0.15) is 57.2 Å². The third-order valence-corrected chi connectivity index (χ3v) is 6.21. The van der Waals surface area contributed by atoms with Crippen molar-refractivity contribution in [1.82, 2.24) is 0 Å². The molecule has 2 nitrogen and oxygen atoms in total. The van der Waals surface area contributed by atoms with Crippen LogP contribution in [0, 0.1) is 6.92 Å². The van der Waals surface area contributed by atoms with Gasteiger partial charge in [0, 0.05) is 0 Å². The minimum absolute atomic E-state index is 0.254. The van der Waals surface area contributed by atoms with Gasteiger partial charge in [0.25, 0.3) is 0 Å². The Hall–Kier alpha value is -0.280. The number of benzene rings is 1. The molecule has 6 heteroatoms. The standard InChI is InChI=1S/C19H24Cl4O2/c1-6-18(4,14(24)16(20)21)12-9-8-10-13(11(12)3)19(5,7-2)15(25)17(22)23/h8-10,16-17H,6-7H2,1-5H3. The van der Waals surface area contributed by atoms with E-state index in [1.165, 1.54) is 0 Å². The zero-order chi connectivity index (χ0) is 19.6. The van der Waals surface area contributed by atoms with Gasteiger partial charge in [-0.1, -0.05) is 78.5 Å². The molecule has 0 N–H and O–H groups in total. The minimum atomic E-state index is -1.11. The van der Waals surface area contributed by atoms with Crippen molar-refractivity contribution in [2.24, 2.45) is 0 Å². The molecular weight excluding hydrogens is 402 g/mol. The maximum atomic E-state index is 12.6. The van der Waals surface area contributed by atoms with Crippen molar-refractivity contribution in [3.05, 3.63) is 34.9 Å². The Morgan fingerprint density at radius 2 is 1.20 bits per heavy atom. The second-order valence-corrected chi connectivity index (χ2v) is 8.87. The van der Waals surface area contributed by atoms with Crippen molar-refractivity contribution in [1.29, 1.82) is 0 Å². The third kappa shape index (κ3) is 4.18. The SMILES string of the molecule is CCC(C)(C(=O)C(Cl)Cl)c1cccc(C(C)(CC)C(=O)C(Cl)Cl)c1C. The first-order chi connectivity index (χ1) is 11.5. The van der Waals surface area contributed by atoms with E-state index in [1.807, 2.05) is 52.8 Å². The first-order valence-corrected chi connectivity index (χ1v) is 9.97. The summed E-state index contributed by atoms with van der Waals surface area (Å²) in [5, 5.41) is 0. The fourth-order valence-electron chi connectivity index (χ4n) is 3.31. The predicted molar refractivity (Wildman–Crippen MR) is 107 cm³/mol. The molecule has 0 bridgehead atoms. The molecule has 25 heavy (non-hydrogen) atoms. The molecule has 0 amide bonds. The van der Waals surface area contributed by atoms with E-state index in [4.69, 9.17) is 46.4 Å². The molecule has 0 fully saturated rings.